The number of aromatic nitrogens is 7. The zero-order chi connectivity index (χ0) is 14.2. The quantitative estimate of drug-likeness (QED) is 0.593. The third-order valence-corrected chi connectivity index (χ3v) is 3.75. The lowest BCUT2D eigenvalue weighted by molar-refractivity contribution is 0.964. The SMILES string of the molecule is Nc1nccnc1-c1nn2c(-c3cccnc3)nnc2s1. The molecule has 0 atom stereocenters. The van der Waals surface area contributed by atoms with Gasteiger partial charge in [-0.05, 0) is 12.1 Å². The molecule has 0 radical (unpaired) electrons. The molecule has 0 amide bonds. The number of nitrogens with zero attached hydrogens (tertiary/aromatic N) is 7. The largest absolute Gasteiger partial charge is 0.382 e. The van der Waals surface area contributed by atoms with E-state index in [4.69, 9.17) is 5.73 Å². The molecule has 0 unspecified atom stereocenters. The molecule has 4 aromatic heterocycles. The summed E-state index contributed by atoms with van der Waals surface area (Å²) in [4.78, 5) is 13.0. The van der Waals surface area contributed by atoms with Gasteiger partial charge < -0.3 is 5.73 Å². The van der Waals surface area contributed by atoms with Gasteiger partial charge in [-0.3, -0.25) is 4.98 Å². The van der Waals surface area contributed by atoms with E-state index in [1.165, 1.54) is 11.3 Å². The van der Waals surface area contributed by atoms with Crippen molar-refractivity contribution in [1.29, 1.82) is 0 Å². The van der Waals surface area contributed by atoms with Gasteiger partial charge in [-0.25, -0.2) is 9.97 Å². The van der Waals surface area contributed by atoms with E-state index in [-0.39, 0.29) is 0 Å². The molecule has 0 spiro atoms. The van der Waals surface area contributed by atoms with E-state index in [1.807, 2.05) is 12.1 Å². The molecule has 0 aliphatic carbocycles. The van der Waals surface area contributed by atoms with Crippen LogP contribution < -0.4 is 5.73 Å². The second-order valence-corrected chi connectivity index (χ2v) is 5.11. The summed E-state index contributed by atoms with van der Waals surface area (Å²) < 4.78 is 1.66. The van der Waals surface area contributed by atoms with Gasteiger partial charge in [0.1, 0.15) is 5.69 Å². The topological polar surface area (TPSA) is 108 Å². The summed E-state index contributed by atoms with van der Waals surface area (Å²) in [6.45, 7) is 0. The van der Waals surface area contributed by atoms with E-state index in [1.54, 1.807) is 29.3 Å². The number of rotatable bonds is 2. The van der Waals surface area contributed by atoms with Crippen molar-refractivity contribution in [1.82, 2.24) is 34.8 Å². The standard InChI is InChI=1S/C12H8N8S/c13-9-8(15-4-5-16-9)11-19-20-10(17-18-12(20)21-11)7-2-1-3-14-6-7/h1-6H,(H2,13,16). The lowest BCUT2D eigenvalue weighted by atomic mass is 10.3. The molecule has 4 heterocycles. The first-order valence-electron chi connectivity index (χ1n) is 6.02. The summed E-state index contributed by atoms with van der Waals surface area (Å²) in [6.07, 6.45) is 6.54. The summed E-state index contributed by atoms with van der Waals surface area (Å²) >= 11 is 1.36. The molecular weight excluding hydrogens is 288 g/mol. The Bertz CT molecular complexity index is 913. The number of nitrogens with two attached hydrogens (primary N) is 1. The van der Waals surface area contributed by atoms with Gasteiger partial charge in [0.2, 0.25) is 4.96 Å². The normalized spacial score (nSPS) is 11.0. The van der Waals surface area contributed by atoms with Gasteiger partial charge in [-0.2, -0.15) is 9.61 Å². The molecule has 0 saturated carbocycles. The zero-order valence-electron chi connectivity index (χ0n) is 10.6. The van der Waals surface area contributed by atoms with Gasteiger partial charge in [0.15, 0.2) is 16.6 Å². The lowest BCUT2D eigenvalue weighted by Gasteiger charge is -1.97. The Labute approximate surface area is 122 Å². The number of hydrogen-bond donors (Lipinski definition) is 1. The van der Waals surface area contributed by atoms with Gasteiger partial charge in [0.25, 0.3) is 0 Å². The zero-order valence-corrected chi connectivity index (χ0v) is 11.4. The van der Waals surface area contributed by atoms with Crippen LogP contribution in [0, 0.1) is 0 Å². The molecule has 0 bridgehead atoms. The first-order chi connectivity index (χ1) is 10.3. The fourth-order valence-corrected chi connectivity index (χ4v) is 2.75. The Morgan fingerprint density at radius 3 is 2.81 bits per heavy atom. The molecule has 0 fully saturated rings. The fourth-order valence-electron chi connectivity index (χ4n) is 1.90. The highest BCUT2D eigenvalue weighted by molar-refractivity contribution is 7.19. The molecule has 8 nitrogen and oxygen atoms in total. The third kappa shape index (κ3) is 1.91. The highest BCUT2D eigenvalue weighted by Gasteiger charge is 2.16. The van der Waals surface area contributed by atoms with E-state index in [2.05, 4.69) is 30.2 Å². The molecule has 0 saturated heterocycles. The van der Waals surface area contributed by atoms with Crippen molar-refractivity contribution in [3.63, 3.8) is 0 Å². The van der Waals surface area contributed by atoms with Crippen LogP contribution in [0.15, 0.2) is 36.9 Å². The summed E-state index contributed by atoms with van der Waals surface area (Å²) in [5, 5.41) is 13.4. The minimum atomic E-state index is 0.338. The predicted octanol–water partition coefficient (Wildman–Crippen LogP) is 1.29. The van der Waals surface area contributed by atoms with Crippen LogP contribution in [0.25, 0.3) is 27.1 Å². The predicted molar refractivity (Wildman–Crippen MR) is 77.3 cm³/mol. The van der Waals surface area contributed by atoms with Crippen LogP contribution in [0.2, 0.25) is 0 Å². The van der Waals surface area contributed by atoms with Crippen LogP contribution in [0.5, 0.6) is 0 Å². The summed E-state index contributed by atoms with van der Waals surface area (Å²) in [7, 11) is 0. The fraction of sp³-hybridized carbons (Fsp3) is 0. The van der Waals surface area contributed by atoms with Crippen molar-refractivity contribution in [2.45, 2.75) is 0 Å². The van der Waals surface area contributed by atoms with Gasteiger partial charge in [-0.1, -0.05) is 11.3 Å². The maximum Gasteiger partial charge on any atom is 0.235 e. The van der Waals surface area contributed by atoms with Crippen LogP contribution in [0.1, 0.15) is 0 Å². The second-order valence-electron chi connectivity index (χ2n) is 4.16. The molecule has 0 aromatic carbocycles. The lowest BCUT2D eigenvalue weighted by Crippen LogP contribution is -1.97. The van der Waals surface area contributed by atoms with E-state index in [0.717, 1.165) is 5.56 Å². The Morgan fingerprint density at radius 2 is 2.00 bits per heavy atom. The average molecular weight is 296 g/mol. The Morgan fingerprint density at radius 1 is 1.10 bits per heavy atom. The van der Waals surface area contributed by atoms with Crippen LogP contribution in [-0.2, 0) is 0 Å². The van der Waals surface area contributed by atoms with Crippen LogP contribution >= 0.6 is 11.3 Å². The van der Waals surface area contributed by atoms with Crippen molar-refractivity contribution in [2.24, 2.45) is 0 Å². The molecular formula is C12H8N8S. The van der Waals surface area contributed by atoms with Crippen LogP contribution in [0.3, 0.4) is 0 Å². The van der Waals surface area contributed by atoms with Crippen LogP contribution in [0.4, 0.5) is 5.82 Å². The average Bonchev–Trinajstić information content (AvgIpc) is 3.08. The first kappa shape index (κ1) is 11.9. The van der Waals surface area contributed by atoms with E-state index >= 15 is 0 Å². The van der Waals surface area contributed by atoms with Gasteiger partial charge >= 0.3 is 0 Å². The van der Waals surface area contributed by atoms with Crippen molar-refractivity contribution in [2.75, 3.05) is 5.73 Å². The number of pyridine rings is 1. The monoisotopic (exact) mass is 296 g/mol. The molecule has 4 aromatic rings. The maximum absolute atomic E-state index is 5.83. The van der Waals surface area contributed by atoms with Crippen LogP contribution in [-0.4, -0.2) is 34.8 Å². The smallest absolute Gasteiger partial charge is 0.235 e. The summed E-state index contributed by atoms with van der Waals surface area (Å²) in [6, 6.07) is 3.74. The molecule has 0 aliphatic rings. The van der Waals surface area contributed by atoms with E-state index in [0.29, 0.717) is 27.3 Å². The molecule has 9 heteroatoms. The molecule has 4 rings (SSSR count). The minimum absolute atomic E-state index is 0.338. The molecule has 21 heavy (non-hydrogen) atoms. The molecule has 0 aliphatic heterocycles. The Hall–Kier alpha value is -2.94. The van der Waals surface area contributed by atoms with Crippen molar-refractivity contribution in [3.05, 3.63) is 36.9 Å². The summed E-state index contributed by atoms with van der Waals surface area (Å²) in [5.74, 6) is 0.966. The number of anilines is 1. The van der Waals surface area contributed by atoms with Crippen molar-refractivity contribution < 1.29 is 0 Å². The number of hydrogen-bond acceptors (Lipinski definition) is 8. The second kappa shape index (κ2) is 4.56. The number of fused-ring (bicyclic) bond motifs is 1. The number of nitrogen functional groups attached to an aromatic ring is 1. The first-order valence-corrected chi connectivity index (χ1v) is 6.84. The van der Waals surface area contributed by atoms with E-state index < -0.39 is 0 Å². The molecule has 2 N–H and O–H groups in total. The van der Waals surface area contributed by atoms with Gasteiger partial charge in [0.05, 0.1) is 0 Å². The third-order valence-electron chi connectivity index (χ3n) is 2.84. The van der Waals surface area contributed by atoms with Gasteiger partial charge in [-0.15, -0.1) is 10.2 Å². The van der Waals surface area contributed by atoms with Crippen molar-refractivity contribution in [3.8, 4) is 22.1 Å². The highest BCUT2D eigenvalue weighted by atomic mass is 32.1. The highest BCUT2D eigenvalue weighted by Crippen LogP contribution is 2.28. The minimum Gasteiger partial charge on any atom is -0.382 e. The Balaban J connectivity index is 1.89. The van der Waals surface area contributed by atoms with E-state index in [9.17, 15) is 0 Å². The molecule has 102 valence electrons. The summed E-state index contributed by atoms with van der Waals surface area (Å²) in [5.41, 5.74) is 7.22. The maximum atomic E-state index is 5.83. The van der Waals surface area contributed by atoms with Crippen molar-refractivity contribution >= 4 is 22.1 Å². The van der Waals surface area contributed by atoms with Gasteiger partial charge in [0, 0.05) is 30.4 Å². The Kier molecular flexibility index (Phi) is 2.57.